The van der Waals surface area contributed by atoms with Crippen LogP contribution in [-0.4, -0.2) is 32.6 Å². The minimum absolute atomic E-state index is 0.0329. The fraction of sp³-hybridized carbons (Fsp3) is 0.429. The van der Waals surface area contributed by atoms with Crippen LogP contribution in [0.15, 0.2) is 24.3 Å². The molecule has 6 nitrogen and oxygen atoms in total. The molecule has 0 aliphatic heterocycles. The summed E-state index contributed by atoms with van der Waals surface area (Å²) in [7, 11) is 0. The van der Waals surface area contributed by atoms with Gasteiger partial charge in [0.1, 0.15) is 0 Å². The second-order valence-corrected chi connectivity index (χ2v) is 5.40. The largest absolute Gasteiger partial charge is 0.349 e. The van der Waals surface area contributed by atoms with Gasteiger partial charge >= 0.3 is 0 Å². The van der Waals surface area contributed by atoms with Gasteiger partial charge < -0.3 is 5.32 Å². The average molecular weight is 271 g/mol. The fourth-order valence-electron chi connectivity index (χ4n) is 2.69. The summed E-state index contributed by atoms with van der Waals surface area (Å²) in [4.78, 5) is 12.3. The highest BCUT2D eigenvalue weighted by atomic mass is 16.1. The molecule has 20 heavy (non-hydrogen) atoms. The van der Waals surface area contributed by atoms with Crippen molar-refractivity contribution in [2.24, 2.45) is 5.92 Å². The molecule has 0 spiro atoms. The van der Waals surface area contributed by atoms with Crippen LogP contribution in [0.3, 0.4) is 0 Å². The predicted molar refractivity (Wildman–Crippen MR) is 73.9 cm³/mol. The zero-order valence-corrected chi connectivity index (χ0v) is 11.3. The number of benzene rings is 1. The van der Waals surface area contributed by atoms with Crippen LogP contribution in [0.5, 0.6) is 0 Å². The maximum Gasteiger partial charge on any atom is 0.251 e. The first kappa shape index (κ1) is 12.8. The van der Waals surface area contributed by atoms with Gasteiger partial charge in [0.05, 0.1) is 0 Å². The number of hydrogen-bond donors (Lipinski definition) is 2. The molecule has 6 heteroatoms. The smallest absolute Gasteiger partial charge is 0.251 e. The number of carbonyl (C=O) groups is 1. The second kappa shape index (κ2) is 5.40. The number of amides is 1. The van der Waals surface area contributed by atoms with E-state index in [0.717, 1.165) is 18.4 Å². The second-order valence-electron chi connectivity index (χ2n) is 5.40. The Hall–Kier alpha value is -2.24. The zero-order valence-electron chi connectivity index (χ0n) is 11.3. The molecule has 2 atom stereocenters. The van der Waals surface area contributed by atoms with Crippen molar-refractivity contribution in [3.63, 3.8) is 0 Å². The summed E-state index contributed by atoms with van der Waals surface area (Å²) < 4.78 is 0. The molecule has 1 heterocycles. The number of H-pyrrole nitrogens is 1. The number of tetrazole rings is 1. The first-order valence-electron chi connectivity index (χ1n) is 6.87. The third-order valence-electron chi connectivity index (χ3n) is 3.76. The minimum atomic E-state index is -0.0329. The molecular formula is C14H17N5O. The van der Waals surface area contributed by atoms with Crippen molar-refractivity contribution in [1.82, 2.24) is 25.9 Å². The predicted octanol–water partition coefficient (Wildman–Crippen LogP) is 1.79. The van der Waals surface area contributed by atoms with E-state index < -0.39 is 0 Å². The van der Waals surface area contributed by atoms with Crippen molar-refractivity contribution in [3.05, 3.63) is 29.8 Å². The van der Waals surface area contributed by atoms with Crippen molar-refractivity contribution in [2.75, 3.05) is 0 Å². The maximum atomic E-state index is 12.3. The summed E-state index contributed by atoms with van der Waals surface area (Å²) >= 11 is 0. The van der Waals surface area contributed by atoms with Crippen LogP contribution in [0.4, 0.5) is 0 Å². The molecule has 0 saturated heterocycles. The Morgan fingerprint density at radius 1 is 1.40 bits per heavy atom. The van der Waals surface area contributed by atoms with E-state index >= 15 is 0 Å². The van der Waals surface area contributed by atoms with Gasteiger partial charge in [0.25, 0.3) is 5.91 Å². The van der Waals surface area contributed by atoms with Crippen molar-refractivity contribution in [2.45, 2.75) is 32.2 Å². The Morgan fingerprint density at radius 3 is 3.00 bits per heavy atom. The van der Waals surface area contributed by atoms with E-state index in [1.807, 2.05) is 12.1 Å². The van der Waals surface area contributed by atoms with Crippen LogP contribution < -0.4 is 5.32 Å². The SMILES string of the molecule is CC1CCC(NC(=O)c2cccc(-c3nn[nH]n3)c2)C1. The lowest BCUT2D eigenvalue weighted by atomic mass is 10.1. The van der Waals surface area contributed by atoms with Crippen LogP contribution in [0.1, 0.15) is 36.5 Å². The molecule has 2 N–H and O–H groups in total. The molecule has 0 radical (unpaired) electrons. The topological polar surface area (TPSA) is 83.6 Å². The molecule has 1 aliphatic rings. The highest BCUT2D eigenvalue weighted by Gasteiger charge is 2.23. The molecule has 1 aliphatic carbocycles. The van der Waals surface area contributed by atoms with Crippen molar-refractivity contribution < 1.29 is 4.79 Å². The van der Waals surface area contributed by atoms with Gasteiger partial charge in [-0.3, -0.25) is 4.79 Å². The minimum Gasteiger partial charge on any atom is -0.349 e. The number of carbonyl (C=O) groups excluding carboxylic acids is 1. The number of rotatable bonds is 3. The van der Waals surface area contributed by atoms with Crippen LogP contribution in [0.2, 0.25) is 0 Å². The summed E-state index contributed by atoms with van der Waals surface area (Å²) in [5, 5.41) is 16.9. The molecular weight excluding hydrogens is 254 g/mol. The van der Waals surface area contributed by atoms with E-state index in [-0.39, 0.29) is 5.91 Å². The van der Waals surface area contributed by atoms with Gasteiger partial charge in [0.15, 0.2) is 0 Å². The molecule has 2 unspecified atom stereocenters. The lowest BCUT2D eigenvalue weighted by Crippen LogP contribution is -2.32. The lowest BCUT2D eigenvalue weighted by Gasteiger charge is -2.12. The van der Waals surface area contributed by atoms with E-state index in [4.69, 9.17) is 0 Å². The molecule has 1 fully saturated rings. The standard InChI is InChI=1S/C14H17N5O/c1-9-5-6-12(7-9)15-14(20)11-4-2-3-10(8-11)13-16-18-19-17-13/h2-4,8-9,12H,5-7H2,1H3,(H,15,20)(H,16,17,18,19). The Labute approximate surface area is 117 Å². The maximum absolute atomic E-state index is 12.3. The summed E-state index contributed by atoms with van der Waals surface area (Å²) in [6.45, 7) is 2.23. The number of nitrogens with one attached hydrogen (secondary N) is 2. The van der Waals surface area contributed by atoms with E-state index in [1.54, 1.807) is 12.1 Å². The lowest BCUT2D eigenvalue weighted by molar-refractivity contribution is 0.0937. The van der Waals surface area contributed by atoms with Gasteiger partial charge in [-0.15, -0.1) is 10.2 Å². The number of aromatic nitrogens is 4. The van der Waals surface area contributed by atoms with E-state index in [0.29, 0.717) is 23.3 Å². The summed E-state index contributed by atoms with van der Waals surface area (Å²) in [5.74, 6) is 1.16. The Balaban J connectivity index is 1.73. The molecule has 1 aromatic carbocycles. The van der Waals surface area contributed by atoms with Gasteiger partial charge in [0.2, 0.25) is 5.82 Å². The van der Waals surface area contributed by atoms with Gasteiger partial charge in [-0.1, -0.05) is 19.1 Å². The van der Waals surface area contributed by atoms with Gasteiger partial charge in [0, 0.05) is 17.2 Å². The summed E-state index contributed by atoms with van der Waals surface area (Å²) in [5.41, 5.74) is 1.41. The molecule has 0 bridgehead atoms. The highest BCUT2D eigenvalue weighted by Crippen LogP contribution is 2.25. The summed E-state index contributed by atoms with van der Waals surface area (Å²) in [6.07, 6.45) is 3.32. The molecule has 1 aromatic heterocycles. The first-order chi connectivity index (χ1) is 9.72. The molecule has 1 amide bonds. The first-order valence-corrected chi connectivity index (χ1v) is 6.87. The Bertz CT molecular complexity index is 595. The third-order valence-corrected chi connectivity index (χ3v) is 3.76. The van der Waals surface area contributed by atoms with E-state index in [9.17, 15) is 4.79 Å². The molecule has 2 aromatic rings. The van der Waals surface area contributed by atoms with Gasteiger partial charge in [-0.05, 0) is 42.5 Å². The molecule has 3 rings (SSSR count). The highest BCUT2D eigenvalue weighted by molar-refractivity contribution is 5.95. The van der Waals surface area contributed by atoms with Crippen molar-refractivity contribution >= 4 is 5.91 Å². The summed E-state index contributed by atoms with van der Waals surface area (Å²) in [6, 6.07) is 7.58. The Kier molecular flexibility index (Phi) is 3.45. The van der Waals surface area contributed by atoms with Gasteiger partial charge in [-0.2, -0.15) is 5.21 Å². The normalized spacial score (nSPS) is 21.9. The van der Waals surface area contributed by atoms with Crippen LogP contribution in [-0.2, 0) is 0 Å². The number of aromatic amines is 1. The molecule has 1 saturated carbocycles. The zero-order chi connectivity index (χ0) is 13.9. The van der Waals surface area contributed by atoms with Crippen LogP contribution in [0, 0.1) is 5.92 Å². The monoisotopic (exact) mass is 271 g/mol. The third kappa shape index (κ3) is 2.68. The van der Waals surface area contributed by atoms with Gasteiger partial charge in [-0.25, -0.2) is 0 Å². The number of nitrogens with zero attached hydrogens (tertiary/aromatic N) is 3. The van der Waals surface area contributed by atoms with Crippen LogP contribution >= 0.6 is 0 Å². The molecule has 104 valence electrons. The van der Waals surface area contributed by atoms with Crippen molar-refractivity contribution in [1.29, 1.82) is 0 Å². The average Bonchev–Trinajstić information content (AvgIpc) is 3.11. The Morgan fingerprint density at radius 2 is 2.30 bits per heavy atom. The fourth-order valence-corrected chi connectivity index (χ4v) is 2.69. The van der Waals surface area contributed by atoms with Crippen molar-refractivity contribution in [3.8, 4) is 11.4 Å². The van der Waals surface area contributed by atoms with E-state index in [2.05, 4.69) is 32.9 Å². The van der Waals surface area contributed by atoms with E-state index in [1.165, 1.54) is 6.42 Å². The quantitative estimate of drug-likeness (QED) is 0.891. The van der Waals surface area contributed by atoms with Crippen LogP contribution in [0.25, 0.3) is 11.4 Å². The number of hydrogen-bond acceptors (Lipinski definition) is 4.